The standard InChI is InChI=1S/C14H13BrN2OS/c15-13-7-6-12(19-13)10-4-3-5-11(16-10)14(18)17-8-1-2-9-17/h3-7H,1-2,8-9H2. The summed E-state index contributed by atoms with van der Waals surface area (Å²) in [5, 5.41) is 0. The maximum atomic E-state index is 12.3. The number of pyridine rings is 1. The number of rotatable bonds is 2. The van der Waals surface area contributed by atoms with E-state index >= 15 is 0 Å². The van der Waals surface area contributed by atoms with Gasteiger partial charge in [-0.25, -0.2) is 4.98 Å². The molecule has 1 saturated heterocycles. The molecule has 0 bridgehead atoms. The van der Waals surface area contributed by atoms with Gasteiger partial charge in [-0.2, -0.15) is 0 Å². The second-order valence-electron chi connectivity index (χ2n) is 4.51. The summed E-state index contributed by atoms with van der Waals surface area (Å²) in [6, 6.07) is 9.66. The third-order valence-electron chi connectivity index (χ3n) is 3.19. The zero-order valence-electron chi connectivity index (χ0n) is 10.3. The summed E-state index contributed by atoms with van der Waals surface area (Å²) in [6.45, 7) is 1.71. The number of likely N-dealkylation sites (tertiary alicyclic amines) is 1. The first-order valence-corrected chi connectivity index (χ1v) is 7.87. The number of aromatic nitrogens is 1. The van der Waals surface area contributed by atoms with Crippen LogP contribution in [0, 0.1) is 0 Å². The Morgan fingerprint density at radius 1 is 1.21 bits per heavy atom. The fourth-order valence-electron chi connectivity index (χ4n) is 2.23. The molecular weight excluding hydrogens is 324 g/mol. The van der Waals surface area contributed by atoms with E-state index in [0.717, 1.165) is 40.3 Å². The molecule has 98 valence electrons. The number of carbonyl (C=O) groups excluding carboxylic acids is 1. The number of hydrogen-bond acceptors (Lipinski definition) is 3. The second-order valence-corrected chi connectivity index (χ2v) is 6.97. The summed E-state index contributed by atoms with van der Waals surface area (Å²) >= 11 is 5.07. The molecule has 1 aliphatic heterocycles. The van der Waals surface area contributed by atoms with Gasteiger partial charge in [0.05, 0.1) is 14.4 Å². The molecule has 1 amide bonds. The van der Waals surface area contributed by atoms with Crippen molar-refractivity contribution in [3.8, 4) is 10.6 Å². The molecule has 0 atom stereocenters. The van der Waals surface area contributed by atoms with Crippen LogP contribution in [0.4, 0.5) is 0 Å². The molecule has 1 aliphatic rings. The maximum Gasteiger partial charge on any atom is 0.272 e. The average molecular weight is 337 g/mol. The largest absolute Gasteiger partial charge is 0.337 e. The average Bonchev–Trinajstić information content (AvgIpc) is 3.09. The molecule has 0 radical (unpaired) electrons. The lowest BCUT2D eigenvalue weighted by Gasteiger charge is -2.14. The predicted molar refractivity (Wildman–Crippen MR) is 80.4 cm³/mol. The Morgan fingerprint density at radius 2 is 2.00 bits per heavy atom. The van der Waals surface area contributed by atoms with Gasteiger partial charge >= 0.3 is 0 Å². The lowest BCUT2D eigenvalue weighted by atomic mass is 10.2. The van der Waals surface area contributed by atoms with Crippen molar-refractivity contribution in [2.75, 3.05) is 13.1 Å². The van der Waals surface area contributed by atoms with Gasteiger partial charge in [0.15, 0.2) is 0 Å². The van der Waals surface area contributed by atoms with E-state index in [1.165, 1.54) is 0 Å². The normalized spacial score (nSPS) is 14.9. The highest BCUT2D eigenvalue weighted by Gasteiger charge is 2.20. The van der Waals surface area contributed by atoms with Crippen LogP contribution in [0.2, 0.25) is 0 Å². The monoisotopic (exact) mass is 336 g/mol. The van der Waals surface area contributed by atoms with Crippen LogP contribution >= 0.6 is 27.3 Å². The van der Waals surface area contributed by atoms with E-state index in [2.05, 4.69) is 20.9 Å². The van der Waals surface area contributed by atoms with E-state index in [9.17, 15) is 4.79 Å². The summed E-state index contributed by atoms with van der Waals surface area (Å²) in [4.78, 5) is 19.8. The topological polar surface area (TPSA) is 33.2 Å². The summed E-state index contributed by atoms with van der Waals surface area (Å²) in [5.74, 6) is 0.0509. The first kappa shape index (κ1) is 12.8. The van der Waals surface area contributed by atoms with Crippen LogP contribution in [-0.4, -0.2) is 28.9 Å². The van der Waals surface area contributed by atoms with Crippen LogP contribution in [0.15, 0.2) is 34.1 Å². The minimum absolute atomic E-state index is 0.0509. The van der Waals surface area contributed by atoms with Crippen molar-refractivity contribution in [2.24, 2.45) is 0 Å². The molecule has 19 heavy (non-hydrogen) atoms. The van der Waals surface area contributed by atoms with Gasteiger partial charge in [0, 0.05) is 13.1 Å². The van der Waals surface area contributed by atoms with Crippen LogP contribution in [0.3, 0.4) is 0 Å². The van der Waals surface area contributed by atoms with Gasteiger partial charge in [-0.15, -0.1) is 11.3 Å². The Hall–Kier alpha value is -1.20. The van der Waals surface area contributed by atoms with Crippen molar-refractivity contribution >= 4 is 33.2 Å². The first-order valence-electron chi connectivity index (χ1n) is 6.26. The van der Waals surface area contributed by atoms with E-state index in [4.69, 9.17) is 0 Å². The Labute approximate surface area is 124 Å². The molecule has 0 N–H and O–H groups in total. The van der Waals surface area contributed by atoms with Crippen LogP contribution in [0.1, 0.15) is 23.3 Å². The Kier molecular flexibility index (Phi) is 3.66. The molecule has 3 heterocycles. The van der Waals surface area contributed by atoms with Gasteiger partial charge in [-0.1, -0.05) is 6.07 Å². The molecule has 3 rings (SSSR count). The van der Waals surface area contributed by atoms with Crippen LogP contribution in [-0.2, 0) is 0 Å². The Morgan fingerprint density at radius 3 is 2.68 bits per heavy atom. The van der Waals surface area contributed by atoms with Gasteiger partial charge in [0.2, 0.25) is 0 Å². The fraction of sp³-hybridized carbons (Fsp3) is 0.286. The van der Waals surface area contributed by atoms with E-state index < -0.39 is 0 Å². The highest BCUT2D eigenvalue weighted by Crippen LogP contribution is 2.30. The number of carbonyl (C=O) groups is 1. The zero-order chi connectivity index (χ0) is 13.2. The smallest absolute Gasteiger partial charge is 0.272 e. The maximum absolute atomic E-state index is 12.3. The van der Waals surface area contributed by atoms with Crippen molar-refractivity contribution in [1.29, 1.82) is 0 Å². The minimum Gasteiger partial charge on any atom is -0.337 e. The third-order valence-corrected chi connectivity index (χ3v) is 4.83. The molecule has 5 heteroatoms. The highest BCUT2D eigenvalue weighted by atomic mass is 79.9. The predicted octanol–water partition coefficient (Wildman–Crippen LogP) is 3.81. The van der Waals surface area contributed by atoms with Crippen LogP contribution in [0.25, 0.3) is 10.6 Å². The molecule has 0 aliphatic carbocycles. The summed E-state index contributed by atoms with van der Waals surface area (Å²) < 4.78 is 1.07. The lowest BCUT2D eigenvalue weighted by Crippen LogP contribution is -2.28. The summed E-state index contributed by atoms with van der Waals surface area (Å²) in [5.41, 5.74) is 1.41. The second kappa shape index (κ2) is 5.43. The minimum atomic E-state index is 0.0509. The van der Waals surface area contributed by atoms with E-state index in [1.54, 1.807) is 17.4 Å². The quantitative estimate of drug-likeness (QED) is 0.835. The summed E-state index contributed by atoms with van der Waals surface area (Å²) in [6.07, 6.45) is 2.20. The highest BCUT2D eigenvalue weighted by molar-refractivity contribution is 9.11. The molecule has 3 nitrogen and oxygen atoms in total. The molecular formula is C14H13BrN2OS. The summed E-state index contributed by atoms with van der Waals surface area (Å²) in [7, 11) is 0. The van der Waals surface area contributed by atoms with Crippen LogP contribution in [0.5, 0.6) is 0 Å². The van der Waals surface area contributed by atoms with Crippen LogP contribution < -0.4 is 0 Å². The van der Waals surface area contributed by atoms with Crippen molar-refractivity contribution in [3.05, 3.63) is 39.8 Å². The molecule has 0 saturated carbocycles. The molecule has 2 aromatic heterocycles. The third kappa shape index (κ3) is 2.72. The Bertz CT molecular complexity index is 605. The molecule has 0 aromatic carbocycles. The Balaban J connectivity index is 1.89. The SMILES string of the molecule is O=C(c1cccc(-c2ccc(Br)s2)n1)N1CCCC1. The number of hydrogen-bond donors (Lipinski definition) is 0. The van der Waals surface area contributed by atoms with Crippen molar-refractivity contribution in [3.63, 3.8) is 0 Å². The number of nitrogens with zero attached hydrogens (tertiary/aromatic N) is 2. The van der Waals surface area contributed by atoms with Gasteiger partial charge in [0.25, 0.3) is 5.91 Å². The fourth-order valence-corrected chi connectivity index (χ4v) is 3.58. The van der Waals surface area contributed by atoms with E-state index in [-0.39, 0.29) is 5.91 Å². The lowest BCUT2D eigenvalue weighted by molar-refractivity contribution is 0.0787. The van der Waals surface area contributed by atoms with Crippen molar-refractivity contribution < 1.29 is 4.79 Å². The van der Waals surface area contributed by atoms with Crippen molar-refractivity contribution in [1.82, 2.24) is 9.88 Å². The van der Waals surface area contributed by atoms with Gasteiger partial charge < -0.3 is 4.90 Å². The van der Waals surface area contributed by atoms with Gasteiger partial charge in [-0.3, -0.25) is 4.79 Å². The molecule has 2 aromatic rings. The first-order chi connectivity index (χ1) is 9.24. The van der Waals surface area contributed by atoms with E-state index in [0.29, 0.717) is 5.69 Å². The van der Waals surface area contributed by atoms with E-state index in [1.807, 2.05) is 29.2 Å². The van der Waals surface area contributed by atoms with Gasteiger partial charge in [-0.05, 0) is 53.0 Å². The molecule has 0 unspecified atom stereocenters. The molecule has 0 spiro atoms. The zero-order valence-corrected chi connectivity index (χ0v) is 12.7. The number of amides is 1. The van der Waals surface area contributed by atoms with Crippen molar-refractivity contribution in [2.45, 2.75) is 12.8 Å². The number of thiophene rings is 1. The number of halogens is 1. The van der Waals surface area contributed by atoms with Gasteiger partial charge in [0.1, 0.15) is 5.69 Å². The molecule has 1 fully saturated rings.